The van der Waals surface area contributed by atoms with Gasteiger partial charge in [-0.25, -0.2) is 4.98 Å². The second kappa shape index (κ2) is 8.68. The maximum absolute atomic E-state index is 11.7. The van der Waals surface area contributed by atoms with Gasteiger partial charge in [-0.1, -0.05) is 13.3 Å². The lowest BCUT2D eigenvalue weighted by Gasteiger charge is -2.13. The number of carboxylic acids is 1. The molecule has 0 saturated heterocycles. The van der Waals surface area contributed by atoms with Crippen LogP contribution < -0.4 is 5.32 Å². The Labute approximate surface area is 123 Å². The van der Waals surface area contributed by atoms with E-state index in [1.807, 2.05) is 19.2 Å². The molecule has 0 aromatic carbocycles. The summed E-state index contributed by atoms with van der Waals surface area (Å²) in [6.07, 6.45) is 2.95. The number of nitrogens with zero attached hydrogens (tertiary/aromatic N) is 1. The minimum absolute atomic E-state index is 0.0246. The molecule has 0 aliphatic heterocycles. The number of amides is 1. The maximum atomic E-state index is 11.7. The van der Waals surface area contributed by atoms with E-state index in [0.717, 1.165) is 23.5 Å². The van der Waals surface area contributed by atoms with Gasteiger partial charge in [0.05, 0.1) is 17.1 Å². The van der Waals surface area contributed by atoms with E-state index in [1.54, 1.807) is 11.3 Å². The van der Waals surface area contributed by atoms with Crippen LogP contribution >= 0.6 is 11.3 Å². The Morgan fingerprint density at radius 1 is 1.45 bits per heavy atom. The van der Waals surface area contributed by atoms with E-state index in [4.69, 9.17) is 5.11 Å². The van der Waals surface area contributed by atoms with E-state index in [9.17, 15) is 9.59 Å². The minimum atomic E-state index is -0.758. The first kappa shape index (κ1) is 16.6. The summed E-state index contributed by atoms with van der Waals surface area (Å²) in [5, 5.41) is 14.4. The molecular weight excluding hydrogens is 276 g/mol. The largest absolute Gasteiger partial charge is 0.481 e. The number of thiazole rings is 1. The highest BCUT2D eigenvalue weighted by Gasteiger charge is 2.10. The molecule has 2 N–H and O–H groups in total. The van der Waals surface area contributed by atoms with Gasteiger partial charge >= 0.3 is 5.97 Å². The van der Waals surface area contributed by atoms with Crippen molar-refractivity contribution in [2.75, 3.05) is 6.54 Å². The summed E-state index contributed by atoms with van der Waals surface area (Å²) < 4.78 is 0. The van der Waals surface area contributed by atoms with Gasteiger partial charge in [0.15, 0.2) is 0 Å². The predicted molar refractivity (Wildman–Crippen MR) is 78.8 cm³/mol. The quantitative estimate of drug-likeness (QED) is 0.733. The van der Waals surface area contributed by atoms with Gasteiger partial charge in [0, 0.05) is 18.3 Å². The molecule has 0 spiro atoms. The molecule has 1 aromatic rings. The average molecular weight is 298 g/mol. The molecule has 0 saturated carbocycles. The molecule has 1 rings (SSSR count). The van der Waals surface area contributed by atoms with Crippen molar-refractivity contribution in [3.8, 4) is 0 Å². The second-order valence-corrected chi connectivity index (χ2v) is 5.94. The fraction of sp³-hybridized carbons (Fsp3) is 0.643. The van der Waals surface area contributed by atoms with Crippen molar-refractivity contribution < 1.29 is 14.7 Å². The van der Waals surface area contributed by atoms with E-state index in [2.05, 4.69) is 10.3 Å². The maximum Gasteiger partial charge on any atom is 0.303 e. The molecule has 6 heteroatoms. The number of carboxylic acid groups (broad SMARTS) is 1. The standard InChI is InChI=1S/C14H22N2O3S/c1-3-11(4-5-14(18)19)6-7-15-13(17)8-12-9-20-10(2)16-12/h9,11H,3-8H2,1-2H3,(H,15,17)(H,18,19). The Morgan fingerprint density at radius 2 is 2.20 bits per heavy atom. The van der Waals surface area contributed by atoms with Crippen LogP contribution in [0.25, 0.3) is 0 Å². The summed E-state index contributed by atoms with van der Waals surface area (Å²) in [5.74, 6) is -0.428. The summed E-state index contributed by atoms with van der Waals surface area (Å²) in [6, 6.07) is 0. The molecule has 20 heavy (non-hydrogen) atoms. The number of nitrogens with one attached hydrogen (secondary N) is 1. The number of rotatable bonds is 9. The Balaban J connectivity index is 2.21. The fourth-order valence-corrected chi connectivity index (χ4v) is 2.62. The van der Waals surface area contributed by atoms with Gasteiger partial charge < -0.3 is 10.4 Å². The molecule has 0 aliphatic rings. The molecule has 0 radical (unpaired) electrons. The summed E-state index contributed by atoms with van der Waals surface area (Å²) in [5.41, 5.74) is 0.808. The lowest BCUT2D eigenvalue weighted by Crippen LogP contribution is -2.27. The van der Waals surface area contributed by atoms with Gasteiger partial charge in [-0.15, -0.1) is 11.3 Å². The Bertz CT molecular complexity index is 445. The van der Waals surface area contributed by atoms with Gasteiger partial charge in [-0.3, -0.25) is 9.59 Å². The van der Waals surface area contributed by atoms with Gasteiger partial charge in [0.25, 0.3) is 0 Å². The lowest BCUT2D eigenvalue weighted by atomic mass is 9.96. The summed E-state index contributed by atoms with van der Waals surface area (Å²) in [6.45, 7) is 4.56. The second-order valence-electron chi connectivity index (χ2n) is 4.88. The monoisotopic (exact) mass is 298 g/mol. The van der Waals surface area contributed by atoms with Crippen LogP contribution in [0.5, 0.6) is 0 Å². The minimum Gasteiger partial charge on any atom is -0.481 e. The van der Waals surface area contributed by atoms with E-state index in [1.165, 1.54) is 0 Å². The molecule has 1 amide bonds. The highest BCUT2D eigenvalue weighted by Crippen LogP contribution is 2.14. The van der Waals surface area contributed by atoms with Crippen LogP contribution in [0, 0.1) is 12.8 Å². The number of aryl methyl sites for hydroxylation is 1. The predicted octanol–water partition coefficient (Wildman–Crippen LogP) is 2.39. The summed E-state index contributed by atoms with van der Waals surface area (Å²) in [7, 11) is 0. The molecule has 1 atom stereocenters. The molecule has 1 unspecified atom stereocenters. The van der Waals surface area contributed by atoms with E-state index < -0.39 is 5.97 Å². The summed E-state index contributed by atoms with van der Waals surface area (Å²) >= 11 is 1.54. The first-order valence-electron chi connectivity index (χ1n) is 6.90. The van der Waals surface area contributed by atoms with Crippen LogP contribution in [0.1, 0.15) is 43.3 Å². The lowest BCUT2D eigenvalue weighted by molar-refractivity contribution is -0.137. The van der Waals surface area contributed by atoms with Crippen molar-refractivity contribution in [1.82, 2.24) is 10.3 Å². The van der Waals surface area contributed by atoms with Crippen LogP contribution in [0.15, 0.2) is 5.38 Å². The molecule has 0 bridgehead atoms. The SMILES string of the molecule is CCC(CCNC(=O)Cc1csc(C)n1)CCC(=O)O. The van der Waals surface area contributed by atoms with Gasteiger partial charge in [-0.2, -0.15) is 0 Å². The zero-order chi connectivity index (χ0) is 15.0. The Hall–Kier alpha value is -1.43. The average Bonchev–Trinajstić information content (AvgIpc) is 2.78. The molecule has 0 aliphatic carbocycles. The third-order valence-corrected chi connectivity index (χ3v) is 4.05. The third kappa shape index (κ3) is 6.65. The number of aromatic nitrogens is 1. The van der Waals surface area contributed by atoms with E-state index in [0.29, 0.717) is 25.3 Å². The number of aliphatic carboxylic acids is 1. The van der Waals surface area contributed by atoms with Crippen molar-refractivity contribution in [1.29, 1.82) is 0 Å². The Kier molecular flexibility index (Phi) is 7.22. The zero-order valence-corrected chi connectivity index (χ0v) is 12.8. The van der Waals surface area contributed by atoms with Crippen LogP contribution in [-0.2, 0) is 16.0 Å². The first-order chi connectivity index (χ1) is 9.51. The molecule has 0 fully saturated rings. The van der Waals surface area contributed by atoms with Crippen molar-refractivity contribution >= 4 is 23.2 Å². The van der Waals surface area contributed by atoms with Crippen molar-refractivity contribution in [3.05, 3.63) is 16.1 Å². The molecule has 1 aromatic heterocycles. The molecular formula is C14H22N2O3S. The molecule has 1 heterocycles. The number of hydrogen-bond acceptors (Lipinski definition) is 4. The number of carbonyl (C=O) groups excluding carboxylic acids is 1. The third-order valence-electron chi connectivity index (χ3n) is 3.23. The van der Waals surface area contributed by atoms with Crippen LogP contribution in [-0.4, -0.2) is 28.5 Å². The van der Waals surface area contributed by atoms with Crippen LogP contribution in [0.2, 0.25) is 0 Å². The van der Waals surface area contributed by atoms with E-state index >= 15 is 0 Å². The first-order valence-corrected chi connectivity index (χ1v) is 7.78. The van der Waals surface area contributed by atoms with Crippen molar-refractivity contribution in [2.45, 2.75) is 46.0 Å². The van der Waals surface area contributed by atoms with Gasteiger partial charge in [-0.05, 0) is 25.7 Å². The summed E-state index contributed by atoms with van der Waals surface area (Å²) in [4.78, 5) is 26.5. The highest BCUT2D eigenvalue weighted by molar-refractivity contribution is 7.09. The highest BCUT2D eigenvalue weighted by atomic mass is 32.1. The topological polar surface area (TPSA) is 79.3 Å². The van der Waals surface area contributed by atoms with Crippen molar-refractivity contribution in [2.24, 2.45) is 5.92 Å². The van der Waals surface area contributed by atoms with Crippen LogP contribution in [0.3, 0.4) is 0 Å². The Morgan fingerprint density at radius 3 is 2.75 bits per heavy atom. The zero-order valence-electron chi connectivity index (χ0n) is 12.0. The molecule has 112 valence electrons. The van der Waals surface area contributed by atoms with Gasteiger partial charge in [0.2, 0.25) is 5.91 Å². The smallest absolute Gasteiger partial charge is 0.303 e. The number of hydrogen-bond donors (Lipinski definition) is 2. The molecule has 5 nitrogen and oxygen atoms in total. The van der Waals surface area contributed by atoms with Crippen molar-refractivity contribution in [3.63, 3.8) is 0 Å². The van der Waals surface area contributed by atoms with Crippen LogP contribution in [0.4, 0.5) is 0 Å². The number of carbonyl (C=O) groups is 2. The fourth-order valence-electron chi connectivity index (χ4n) is 2.01. The normalized spacial score (nSPS) is 12.1. The van der Waals surface area contributed by atoms with E-state index in [-0.39, 0.29) is 12.3 Å². The van der Waals surface area contributed by atoms with Gasteiger partial charge in [0.1, 0.15) is 0 Å².